The Labute approximate surface area is 136 Å². The molecule has 0 atom stereocenters. The Morgan fingerprint density at radius 3 is 2.52 bits per heavy atom. The average Bonchev–Trinajstić information content (AvgIpc) is 2.52. The first kappa shape index (κ1) is 16.7. The summed E-state index contributed by atoms with van der Waals surface area (Å²) in [5.41, 5.74) is 0.309. The van der Waals surface area contributed by atoms with E-state index in [-0.39, 0.29) is 13.1 Å². The lowest BCUT2D eigenvalue weighted by atomic mass is 10.2. The fourth-order valence-electron chi connectivity index (χ4n) is 1.94. The fourth-order valence-corrected chi connectivity index (χ4v) is 2.11. The van der Waals surface area contributed by atoms with Crippen LogP contribution in [-0.2, 0) is 0 Å². The van der Waals surface area contributed by atoms with Gasteiger partial charge in [-0.05, 0) is 30.3 Å². The molecule has 0 radical (unpaired) electrons. The van der Waals surface area contributed by atoms with E-state index in [1.807, 2.05) is 6.07 Å². The SMILES string of the molecule is N#Cc1cc(Cl)ccc1NCCNC(=O)c1c(F)cccc1F. The van der Waals surface area contributed by atoms with Gasteiger partial charge in [-0.3, -0.25) is 4.79 Å². The number of anilines is 1. The Balaban J connectivity index is 1.91. The molecule has 2 aromatic rings. The number of nitriles is 1. The van der Waals surface area contributed by atoms with Gasteiger partial charge < -0.3 is 10.6 Å². The van der Waals surface area contributed by atoms with Crippen molar-refractivity contribution in [1.29, 1.82) is 5.26 Å². The highest BCUT2D eigenvalue weighted by atomic mass is 35.5. The van der Waals surface area contributed by atoms with Crippen LogP contribution in [0.15, 0.2) is 36.4 Å². The molecule has 2 N–H and O–H groups in total. The molecule has 2 rings (SSSR count). The number of benzene rings is 2. The summed E-state index contributed by atoms with van der Waals surface area (Å²) in [6.45, 7) is 0.401. The van der Waals surface area contributed by atoms with Crippen LogP contribution >= 0.6 is 11.6 Å². The summed E-state index contributed by atoms with van der Waals surface area (Å²) in [5, 5.41) is 14.8. The second-order valence-corrected chi connectivity index (χ2v) is 5.02. The quantitative estimate of drug-likeness (QED) is 0.824. The molecule has 0 bridgehead atoms. The first-order valence-electron chi connectivity index (χ1n) is 6.68. The van der Waals surface area contributed by atoms with E-state index in [1.165, 1.54) is 12.1 Å². The smallest absolute Gasteiger partial charge is 0.257 e. The summed E-state index contributed by atoms with van der Waals surface area (Å²) < 4.78 is 26.9. The number of nitrogens with zero attached hydrogens (tertiary/aromatic N) is 1. The minimum Gasteiger partial charge on any atom is -0.382 e. The first-order valence-corrected chi connectivity index (χ1v) is 7.06. The molecule has 0 saturated heterocycles. The van der Waals surface area contributed by atoms with Crippen molar-refractivity contribution in [1.82, 2.24) is 5.32 Å². The normalized spacial score (nSPS) is 10.0. The summed E-state index contributed by atoms with van der Waals surface area (Å²) in [6, 6.07) is 9.99. The summed E-state index contributed by atoms with van der Waals surface area (Å²) in [6.07, 6.45) is 0. The third-order valence-electron chi connectivity index (χ3n) is 3.02. The zero-order chi connectivity index (χ0) is 16.8. The molecule has 0 heterocycles. The molecule has 1 amide bonds. The van der Waals surface area contributed by atoms with Gasteiger partial charge >= 0.3 is 0 Å². The highest BCUT2D eigenvalue weighted by Gasteiger charge is 2.16. The molecule has 0 aliphatic carbocycles. The van der Waals surface area contributed by atoms with Crippen LogP contribution in [0.3, 0.4) is 0 Å². The van der Waals surface area contributed by atoms with Crippen LogP contribution < -0.4 is 10.6 Å². The van der Waals surface area contributed by atoms with Gasteiger partial charge in [-0.1, -0.05) is 17.7 Å². The molecular formula is C16H12ClF2N3O. The lowest BCUT2D eigenvalue weighted by Crippen LogP contribution is -2.30. The van der Waals surface area contributed by atoms with Crippen LogP contribution in [-0.4, -0.2) is 19.0 Å². The Hall–Kier alpha value is -2.65. The van der Waals surface area contributed by atoms with Gasteiger partial charge in [0.25, 0.3) is 5.91 Å². The molecule has 2 aromatic carbocycles. The highest BCUT2D eigenvalue weighted by Crippen LogP contribution is 2.19. The molecular weight excluding hydrogens is 324 g/mol. The molecule has 0 unspecified atom stereocenters. The summed E-state index contributed by atoms with van der Waals surface area (Å²) in [4.78, 5) is 11.8. The fraction of sp³-hybridized carbons (Fsp3) is 0.125. The van der Waals surface area contributed by atoms with Crippen molar-refractivity contribution in [3.63, 3.8) is 0 Å². The van der Waals surface area contributed by atoms with Gasteiger partial charge in [0.1, 0.15) is 23.3 Å². The molecule has 0 aliphatic rings. The Morgan fingerprint density at radius 2 is 1.87 bits per heavy atom. The molecule has 118 valence electrons. The Kier molecular flexibility index (Phi) is 5.50. The topological polar surface area (TPSA) is 64.9 Å². The van der Waals surface area contributed by atoms with Crippen LogP contribution in [0.4, 0.5) is 14.5 Å². The highest BCUT2D eigenvalue weighted by molar-refractivity contribution is 6.30. The van der Waals surface area contributed by atoms with Crippen molar-refractivity contribution < 1.29 is 13.6 Å². The number of rotatable bonds is 5. The van der Waals surface area contributed by atoms with Crippen molar-refractivity contribution in [2.24, 2.45) is 0 Å². The van der Waals surface area contributed by atoms with E-state index >= 15 is 0 Å². The molecule has 23 heavy (non-hydrogen) atoms. The van der Waals surface area contributed by atoms with Gasteiger partial charge in [0.15, 0.2) is 0 Å². The lowest BCUT2D eigenvalue weighted by Gasteiger charge is -2.10. The predicted molar refractivity (Wildman–Crippen MR) is 83.3 cm³/mol. The molecule has 4 nitrogen and oxygen atoms in total. The minimum absolute atomic E-state index is 0.125. The van der Waals surface area contributed by atoms with Crippen LogP contribution in [0, 0.1) is 23.0 Å². The lowest BCUT2D eigenvalue weighted by molar-refractivity contribution is 0.0947. The number of carbonyl (C=O) groups excluding carboxylic acids is 1. The Morgan fingerprint density at radius 1 is 1.17 bits per heavy atom. The molecule has 7 heteroatoms. The van der Waals surface area contributed by atoms with Gasteiger partial charge in [-0.25, -0.2) is 8.78 Å². The number of nitrogens with one attached hydrogen (secondary N) is 2. The van der Waals surface area contributed by atoms with Crippen LogP contribution in [0.1, 0.15) is 15.9 Å². The zero-order valence-electron chi connectivity index (χ0n) is 11.9. The van der Waals surface area contributed by atoms with E-state index in [1.54, 1.807) is 12.1 Å². The first-order chi connectivity index (χ1) is 11.0. The van der Waals surface area contributed by atoms with E-state index in [9.17, 15) is 13.6 Å². The largest absolute Gasteiger partial charge is 0.382 e. The number of carbonyl (C=O) groups is 1. The van der Waals surface area contributed by atoms with E-state index in [4.69, 9.17) is 16.9 Å². The van der Waals surface area contributed by atoms with Gasteiger partial charge in [-0.2, -0.15) is 5.26 Å². The molecule has 0 aromatic heterocycles. The maximum atomic E-state index is 13.4. The standard InChI is InChI=1S/C16H12ClF2N3O/c17-11-4-5-14(10(8-11)9-20)21-6-7-22-16(23)15-12(18)2-1-3-13(15)19/h1-5,8,21H,6-7H2,(H,22,23). The van der Waals surface area contributed by atoms with Crippen LogP contribution in [0.2, 0.25) is 5.02 Å². The van der Waals surface area contributed by atoms with E-state index in [0.29, 0.717) is 16.3 Å². The van der Waals surface area contributed by atoms with Crippen LogP contribution in [0.25, 0.3) is 0 Å². The second-order valence-electron chi connectivity index (χ2n) is 4.58. The summed E-state index contributed by atoms with van der Waals surface area (Å²) in [5.74, 6) is -2.67. The monoisotopic (exact) mass is 335 g/mol. The summed E-state index contributed by atoms with van der Waals surface area (Å²) in [7, 11) is 0. The molecule has 0 aliphatic heterocycles. The zero-order valence-corrected chi connectivity index (χ0v) is 12.6. The van der Waals surface area contributed by atoms with Gasteiger partial charge in [0.2, 0.25) is 0 Å². The second kappa shape index (κ2) is 7.56. The molecule has 0 saturated carbocycles. The molecule has 0 spiro atoms. The number of hydrogen-bond donors (Lipinski definition) is 2. The van der Waals surface area contributed by atoms with Crippen molar-refractivity contribution in [3.8, 4) is 6.07 Å². The number of hydrogen-bond acceptors (Lipinski definition) is 3. The van der Waals surface area contributed by atoms with Gasteiger partial charge in [0, 0.05) is 18.1 Å². The minimum atomic E-state index is -0.917. The van der Waals surface area contributed by atoms with Crippen molar-refractivity contribution in [2.75, 3.05) is 18.4 Å². The number of amides is 1. The predicted octanol–water partition coefficient (Wildman–Crippen LogP) is 3.33. The van der Waals surface area contributed by atoms with Crippen molar-refractivity contribution in [2.45, 2.75) is 0 Å². The van der Waals surface area contributed by atoms with E-state index in [0.717, 1.165) is 12.1 Å². The van der Waals surface area contributed by atoms with Crippen molar-refractivity contribution >= 4 is 23.2 Å². The van der Waals surface area contributed by atoms with E-state index in [2.05, 4.69) is 10.6 Å². The maximum Gasteiger partial charge on any atom is 0.257 e. The molecule has 0 fully saturated rings. The third-order valence-corrected chi connectivity index (χ3v) is 3.25. The van der Waals surface area contributed by atoms with E-state index < -0.39 is 23.1 Å². The average molecular weight is 336 g/mol. The summed E-state index contributed by atoms with van der Waals surface area (Å²) >= 11 is 5.79. The van der Waals surface area contributed by atoms with Gasteiger partial charge in [0.05, 0.1) is 11.3 Å². The van der Waals surface area contributed by atoms with Gasteiger partial charge in [-0.15, -0.1) is 0 Å². The Bertz CT molecular complexity index is 754. The maximum absolute atomic E-state index is 13.4. The van der Waals surface area contributed by atoms with Crippen molar-refractivity contribution in [3.05, 3.63) is 64.2 Å². The van der Waals surface area contributed by atoms with Crippen LogP contribution in [0.5, 0.6) is 0 Å². The third kappa shape index (κ3) is 4.18. The number of halogens is 3.